The number of nitrogens with zero attached hydrogens (tertiary/aromatic N) is 2. The number of carboxylic acid groups (broad SMARTS) is 1. The van der Waals surface area contributed by atoms with E-state index >= 15 is 0 Å². The number of aliphatic carboxylic acids is 1. The van der Waals surface area contributed by atoms with Crippen LogP contribution in [-0.4, -0.2) is 53.1 Å². The van der Waals surface area contributed by atoms with Crippen LogP contribution in [0.5, 0.6) is 0 Å². The van der Waals surface area contributed by atoms with Gasteiger partial charge in [0.05, 0.1) is 0 Å². The first-order chi connectivity index (χ1) is 10.1. The quantitative estimate of drug-likeness (QED) is 0.820. The van der Waals surface area contributed by atoms with E-state index in [0.717, 1.165) is 39.0 Å². The largest absolute Gasteiger partial charge is 0.481 e. The van der Waals surface area contributed by atoms with Crippen LogP contribution in [0.2, 0.25) is 0 Å². The number of urea groups is 1. The lowest BCUT2D eigenvalue weighted by molar-refractivity contribution is -0.137. The molecule has 0 aromatic rings. The number of hydrogen-bond acceptors (Lipinski definition) is 2. The van der Waals surface area contributed by atoms with E-state index in [9.17, 15) is 9.59 Å². The summed E-state index contributed by atoms with van der Waals surface area (Å²) in [5.41, 5.74) is 0. The number of rotatable bonds is 6. The maximum Gasteiger partial charge on any atom is 0.320 e. The topological polar surface area (TPSA) is 60.9 Å². The van der Waals surface area contributed by atoms with Crippen LogP contribution in [0.1, 0.15) is 51.9 Å². The Kier molecular flexibility index (Phi) is 5.88. The number of likely N-dealkylation sites (tertiary alicyclic amines) is 1. The van der Waals surface area contributed by atoms with Gasteiger partial charge in [0.1, 0.15) is 0 Å². The molecular weight excluding hydrogens is 268 g/mol. The third-order valence-corrected chi connectivity index (χ3v) is 4.91. The van der Waals surface area contributed by atoms with Crippen molar-refractivity contribution in [1.82, 2.24) is 9.80 Å². The van der Waals surface area contributed by atoms with Crippen LogP contribution in [0.15, 0.2) is 0 Å². The first-order valence-electron chi connectivity index (χ1n) is 8.35. The Morgan fingerprint density at radius 1 is 1.19 bits per heavy atom. The van der Waals surface area contributed by atoms with Crippen molar-refractivity contribution in [2.45, 2.75) is 51.9 Å². The van der Waals surface area contributed by atoms with Crippen molar-refractivity contribution in [2.24, 2.45) is 11.8 Å². The molecule has 5 heteroatoms. The zero-order valence-electron chi connectivity index (χ0n) is 13.1. The molecule has 1 N–H and O–H groups in total. The molecule has 1 unspecified atom stereocenters. The Bertz CT molecular complexity index is 369. The van der Waals surface area contributed by atoms with Crippen molar-refractivity contribution >= 4 is 12.0 Å². The molecule has 1 aliphatic heterocycles. The van der Waals surface area contributed by atoms with Crippen LogP contribution in [0.25, 0.3) is 0 Å². The van der Waals surface area contributed by atoms with Crippen molar-refractivity contribution in [3.8, 4) is 0 Å². The monoisotopic (exact) mass is 296 g/mol. The lowest BCUT2D eigenvalue weighted by Gasteiger charge is -2.38. The molecule has 2 rings (SSSR count). The van der Waals surface area contributed by atoms with Gasteiger partial charge in [-0.2, -0.15) is 0 Å². The van der Waals surface area contributed by atoms with Gasteiger partial charge in [-0.15, -0.1) is 0 Å². The number of carbonyl (C=O) groups is 2. The van der Waals surface area contributed by atoms with Gasteiger partial charge in [-0.1, -0.05) is 6.42 Å². The van der Waals surface area contributed by atoms with Crippen LogP contribution in [0, 0.1) is 11.8 Å². The first kappa shape index (κ1) is 16.1. The van der Waals surface area contributed by atoms with Gasteiger partial charge in [0, 0.05) is 32.6 Å². The van der Waals surface area contributed by atoms with Gasteiger partial charge >= 0.3 is 12.0 Å². The maximum absolute atomic E-state index is 12.6. The number of piperidine rings is 1. The van der Waals surface area contributed by atoms with Crippen LogP contribution < -0.4 is 0 Å². The molecule has 2 fully saturated rings. The van der Waals surface area contributed by atoms with Gasteiger partial charge < -0.3 is 14.9 Å². The fourth-order valence-corrected chi connectivity index (χ4v) is 3.33. The highest BCUT2D eigenvalue weighted by molar-refractivity contribution is 5.74. The molecular formula is C16H28N2O3. The molecule has 0 spiro atoms. The smallest absolute Gasteiger partial charge is 0.320 e. The average Bonchev–Trinajstić information content (AvgIpc) is 2.44. The SMILES string of the molecule is CCN(CC1CCC1)C(=O)N1CCCC(CCC(=O)O)C1. The Labute approximate surface area is 127 Å². The Morgan fingerprint density at radius 3 is 2.48 bits per heavy atom. The van der Waals surface area contributed by atoms with E-state index in [4.69, 9.17) is 5.11 Å². The maximum atomic E-state index is 12.6. The lowest BCUT2D eigenvalue weighted by atomic mass is 9.85. The molecule has 0 bridgehead atoms. The zero-order valence-corrected chi connectivity index (χ0v) is 13.1. The Morgan fingerprint density at radius 2 is 1.90 bits per heavy atom. The standard InChI is InChI=1S/C16H28N2O3/c1-2-17(11-13-5-3-6-13)16(21)18-10-4-7-14(12-18)8-9-15(19)20/h13-14H,2-12H2,1H3,(H,19,20). The third-order valence-electron chi connectivity index (χ3n) is 4.91. The highest BCUT2D eigenvalue weighted by Gasteiger charge is 2.29. The molecule has 1 aliphatic carbocycles. The van der Waals surface area contributed by atoms with E-state index in [2.05, 4.69) is 0 Å². The van der Waals surface area contributed by atoms with E-state index in [-0.39, 0.29) is 12.5 Å². The molecule has 0 aromatic carbocycles. The van der Waals surface area contributed by atoms with Crippen molar-refractivity contribution in [3.63, 3.8) is 0 Å². The predicted octanol–water partition coefficient (Wildman–Crippen LogP) is 2.81. The summed E-state index contributed by atoms with van der Waals surface area (Å²) in [4.78, 5) is 27.2. The van der Waals surface area contributed by atoms with Crippen LogP contribution in [0.4, 0.5) is 4.79 Å². The fourth-order valence-electron chi connectivity index (χ4n) is 3.33. The van der Waals surface area contributed by atoms with Gasteiger partial charge in [-0.05, 0) is 50.9 Å². The Balaban J connectivity index is 1.83. The minimum Gasteiger partial charge on any atom is -0.481 e. The Hall–Kier alpha value is -1.26. The van der Waals surface area contributed by atoms with Gasteiger partial charge in [-0.25, -0.2) is 4.79 Å². The van der Waals surface area contributed by atoms with E-state index in [1.54, 1.807) is 0 Å². The molecule has 0 radical (unpaired) electrons. The van der Waals surface area contributed by atoms with E-state index in [0.29, 0.717) is 18.3 Å². The number of carboxylic acids is 1. The molecule has 2 amide bonds. The molecule has 1 saturated carbocycles. The van der Waals surface area contributed by atoms with Crippen LogP contribution >= 0.6 is 0 Å². The highest BCUT2D eigenvalue weighted by Crippen LogP contribution is 2.28. The van der Waals surface area contributed by atoms with Crippen molar-refractivity contribution in [2.75, 3.05) is 26.2 Å². The molecule has 1 saturated heterocycles. The second kappa shape index (κ2) is 7.66. The lowest BCUT2D eigenvalue weighted by Crippen LogP contribution is -2.49. The van der Waals surface area contributed by atoms with Gasteiger partial charge in [0.25, 0.3) is 0 Å². The molecule has 5 nitrogen and oxygen atoms in total. The summed E-state index contributed by atoms with van der Waals surface area (Å²) in [5.74, 6) is 0.307. The minimum absolute atomic E-state index is 0.157. The summed E-state index contributed by atoms with van der Waals surface area (Å²) in [6.07, 6.45) is 6.76. The van der Waals surface area contributed by atoms with Gasteiger partial charge in [0.15, 0.2) is 0 Å². The molecule has 1 atom stereocenters. The third kappa shape index (κ3) is 4.61. The zero-order chi connectivity index (χ0) is 15.2. The molecule has 1 heterocycles. The number of amides is 2. The minimum atomic E-state index is -0.737. The summed E-state index contributed by atoms with van der Waals surface area (Å²) in [6, 6.07) is 0.157. The highest BCUT2D eigenvalue weighted by atomic mass is 16.4. The summed E-state index contributed by atoms with van der Waals surface area (Å²) in [6.45, 7) is 5.26. The average molecular weight is 296 g/mol. The normalized spacial score (nSPS) is 22.7. The van der Waals surface area contributed by atoms with E-state index in [1.807, 2.05) is 16.7 Å². The van der Waals surface area contributed by atoms with Crippen LogP contribution in [-0.2, 0) is 4.79 Å². The molecule has 0 aromatic heterocycles. The van der Waals surface area contributed by atoms with E-state index < -0.39 is 5.97 Å². The molecule has 120 valence electrons. The van der Waals surface area contributed by atoms with E-state index in [1.165, 1.54) is 19.3 Å². The van der Waals surface area contributed by atoms with Crippen molar-refractivity contribution in [3.05, 3.63) is 0 Å². The van der Waals surface area contributed by atoms with Crippen LogP contribution in [0.3, 0.4) is 0 Å². The first-order valence-corrected chi connectivity index (χ1v) is 8.35. The van der Waals surface area contributed by atoms with Gasteiger partial charge in [-0.3, -0.25) is 4.79 Å². The van der Waals surface area contributed by atoms with Crippen molar-refractivity contribution in [1.29, 1.82) is 0 Å². The fraction of sp³-hybridized carbons (Fsp3) is 0.875. The summed E-state index contributed by atoms with van der Waals surface area (Å²) < 4.78 is 0. The molecule has 21 heavy (non-hydrogen) atoms. The number of hydrogen-bond donors (Lipinski definition) is 1. The summed E-state index contributed by atoms with van der Waals surface area (Å²) in [5, 5.41) is 8.79. The summed E-state index contributed by atoms with van der Waals surface area (Å²) in [7, 11) is 0. The second-order valence-electron chi connectivity index (χ2n) is 6.50. The van der Waals surface area contributed by atoms with Gasteiger partial charge in [0.2, 0.25) is 0 Å². The second-order valence-corrected chi connectivity index (χ2v) is 6.50. The molecule has 2 aliphatic rings. The predicted molar refractivity (Wildman–Crippen MR) is 81.2 cm³/mol. The van der Waals surface area contributed by atoms with Crippen molar-refractivity contribution < 1.29 is 14.7 Å². The number of carbonyl (C=O) groups excluding carboxylic acids is 1. The summed E-state index contributed by atoms with van der Waals surface area (Å²) >= 11 is 0.